The molecule has 2 aromatic carbocycles. The Labute approximate surface area is 105 Å². The molecule has 0 aliphatic rings. The van der Waals surface area contributed by atoms with Gasteiger partial charge in [-0.3, -0.25) is 4.79 Å². The Morgan fingerprint density at radius 1 is 1.11 bits per heavy atom. The fraction of sp³-hybridized carbons (Fsp3) is 0. The molecule has 0 aliphatic carbocycles. The smallest absolute Gasteiger partial charge is 0.271 e. The molecule has 2 N–H and O–H groups in total. The molecule has 0 radical (unpaired) electrons. The lowest BCUT2D eigenvalue weighted by atomic mass is 10.2. The number of hydrogen-bond donors (Lipinski definition) is 2. The van der Waals surface area contributed by atoms with Crippen molar-refractivity contribution in [3.8, 4) is 5.75 Å². The summed E-state index contributed by atoms with van der Waals surface area (Å²) in [5.74, 6) is -0.111. The van der Waals surface area contributed by atoms with Crippen LogP contribution in [-0.4, -0.2) is 17.2 Å². The van der Waals surface area contributed by atoms with E-state index in [2.05, 4.69) is 10.5 Å². The molecule has 2 aromatic rings. The largest absolute Gasteiger partial charge is 0.508 e. The van der Waals surface area contributed by atoms with Gasteiger partial charge in [0.05, 0.1) is 6.21 Å². The number of carbonyl (C=O) groups excluding carboxylic acids is 1. The predicted octanol–water partition coefficient (Wildman–Crippen LogP) is 2.16. The zero-order valence-electron chi connectivity index (χ0n) is 9.58. The Morgan fingerprint density at radius 2 is 1.89 bits per heavy atom. The Balaban J connectivity index is 1.98. The minimum absolute atomic E-state index is 0.160. The molecule has 2 rings (SSSR count). The van der Waals surface area contributed by atoms with Crippen LogP contribution >= 0.6 is 0 Å². The minimum atomic E-state index is -0.271. The number of amides is 1. The number of benzene rings is 2. The first-order valence-electron chi connectivity index (χ1n) is 5.43. The minimum Gasteiger partial charge on any atom is -0.508 e. The molecular weight excluding hydrogens is 228 g/mol. The summed E-state index contributed by atoms with van der Waals surface area (Å²) in [5.41, 5.74) is 3.67. The van der Waals surface area contributed by atoms with E-state index in [4.69, 9.17) is 0 Å². The third kappa shape index (κ3) is 3.18. The van der Waals surface area contributed by atoms with Gasteiger partial charge < -0.3 is 5.11 Å². The number of nitrogens with one attached hydrogen (secondary N) is 1. The molecule has 0 saturated heterocycles. The highest BCUT2D eigenvalue weighted by atomic mass is 16.3. The van der Waals surface area contributed by atoms with Gasteiger partial charge in [-0.25, -0.2) is 5.43 Å². The van der Waals surface area contributed by atoms with Gasteiger partial charge in [0, 0.05) is 5.56 Å². The summed E-state index contributed by atoms with van der Waals surface area (Å²) in [6.45, 7) is 0. The van der Waals surface area contributed by atoms with Crippen LogP contribution in [-0.2, 0) is 0 Å². The van der Waals surface area contributed by atoms with E-state index in [1.54, 1.807) is 48.5 Å². The van der Waals surface area contributed by atoms with Crippen molar-refractivity contribution in [2.24, 2.45) is 5.10 Å². The second kappa shape index (κ2) is 5.63. The molecule has 0 atom stereocenters. The van der Waals surface area contributed by atoms with Gasteiger partial charge in [-0.05, 0) is 29.8 Å². The first kappa shape index (κ1) is 11.9. The van der Waals surface area contributed by atoms with Gasteiger partial charge in [-0.15, -0.1) is 0 Å². The maximum Gasteiger partial charge on any atom is 0.271 e. The number of phenolic OH excluding ortho intramolecular Hbond substituents is 1. The van der Waals surface area contributed by atoms with Crippen molar-refractivity contribution in [3.63, 3.8) is 0 Å². The highest BCUT2D eigenvalue weighted by Crippen LogP contribution is 2.08. The van der Waals surface area contributed by atoms with Crippen molar-refractivity contribution < 1.29 is 9.90 Å². The molecule has 0 aromatic heterocycles. The number of rotatable bonds is 3. The van der Waals surface area contributed by atoms with Gasteiger partial charge in [-0.2, -0.15) is 5.10 Å². The number of carbonyl (C=O) groups is 1. The van der Waals surface area contributed by atoms with Crippen LogP contribution in [0.25, 0.3) is 0 Å². The van der Waals surface area contributed by atoms with Gasteiger partial charge in [0.25, 0.3) is 5.91 Å². The molecule has 0 aliphatic heterocycles. The van der Waals surface area contributed by atoms with Gasteiger partial charge in [0.2, 0.25) is 0 Å². The van der Waals surface area contributed by atoms with Crippen molar-refractivity contribution in [1.82, 2.24) is 5.43 Å². The molecule has 0 spiro atoms. The summed E-state index contributed by atoms with van der Waals surface area (Å²) in [6.07, 6.45) is 1.47. The number of aromatic hydroxyl groups is 1. The maximum absolute atomic E-state index is 11.6. The molecule has 0 bridgehead atoms. The monoisotopic (exact) mass is 240 g/mol. The normalized spacial score (nSPS) is 10.4. The summed E-state index contributed by atoms with van der Waals surface area (Å²) in [4.78, 5) is 11.6. The fourth-order valence-electron chi connectivity index (χ4n) is 1.42. The van der Waals surface area contributed by atoms with E-state index in [0.29, 0.717) is 11.1 Å². The summed E-state index contributed by atoms with van der Waals surface area (Å²) in [5, 5.41) is 13.1. The molecule has 0 unspecified atom stereocenters. The van der Waals surface area contributed by atoms with Crippen LogP contribution < -0.4 is 5.43 Å². The molecule has 1 amide bonds. The van der Waals surface area contributed by atoms with E-state index >= 15 is 0 Å². The number of phenols is 1. The van der Waals surface area contributed by atoms with Crippen LogP contribution in [0.1, 0.15) is 15.9 Å². The number of hydrazone groups is 1. The van der Waals surface area contributed by atoms with E-state index < -0.39 is 0 Å². The Morgan fingerprint density at radius 3 is 2.61 bits per heavy atom. The topological polar surface area (TPSA) is 61.7 Å². The van der Waals surface area contributed by atoms with Crippen LogP contribution in [0.5, 0.6) is 5.75 Å². The van der Waals surface area contributed by atoms with Crippen LogP contribution in [0.2, 0.25) is 0 Å². The predicted molar refractivity (Wildman–Crippen MR) is 69.6 cm³/mol. The van der Waals surface area contributed by atoms with Gasteiger partial charge in [0.1, 0.15) is 5.75 Å². The third-order valence-corrected chi connectivity index (χ3v) is 2.29. The SMILES string of the molecule is O=C(NN=Cc1cccc(O)c1)c1ccccc1. The second-order valence-electron chi connectivity index (χ2n) is 3.66. The highest BCUT2D eigenvalue weighted by molar-refractivity contribution is 5.94. The van der Waals surface area contributed by atoms with Crippen molar-refractivity contribution >= 4 is 12.1 Å². The van der Waals surface area contributed by atoms with Crippen LogP contribution in [0.3, 0.4) is 0 Å². The molecular formula is C14H12N2O2. The van der Waals surface area contributed by atoms with Crippen LogP contribution in [0, 0.1) is 0 Å². The maximum atomic E-state index is 11.6. The Hall–Kier alpha value is -2.62. The molecule has 0 saturated carbocycles. The standard InChI is InChI=1S/C14H12N2O2/c17-13-8-4-5-11(9-13)10-15-16-14(18)12-6-2-1-3-7-12/h1-10,17H,(H,16,18). The van der Waals surface area contributed by atoms with E-state index in [9.17, 15) is 9.90 Å². The average Bonchev–Trinajstić information content (AvgIpc) is 2.40. The van der Waals surface area contributed by atoms with Crippen molar-refractivity contribution in [3.05, 3.63) is 65.7 Å². The van der Waals surface area contributed by atoms with Gasteiger partial charge in [0.15, 0.2) is 0 Å². The first-order valence-corrected chi connectivity index (χ1v) is 5.43. The van der Waals surface area contributed by atoms with Crippen LogP contribution in [0.4, 0.5) is 0 Å². The van der Waals surface area contributed by atoms with Crippen LogP contribution in [0.15, 0.2) is 59.7 Å². The third-order valence-electron chi connectivity index (χ3n) is 2.29. The van der Waals surface area contributed by atoms with E-state index in [-0.39, 0.29) is 11.7 Å². The second-order valence-corrected chi connectivity index (χ2v) is 3.66. The van der Waals surface area contributed by atoms with Crippen molar-refractivity contribution in [2.45, 2.75) is 0 Å². The van der Waals surface area contributed by atoms with Gasteiger partial charge in [-0.1, -0.05) is 30.3 Å². The fourth-order valence-corrected chi connectivity index (χ4v) is 1.42. The summed E-state index contributed by atoms with van der Waals surface area (Å²) < 4.78 is 0. The first-order chi connectivity index (χ1) is 8.75. The van der Waals surface area contributed by atoms with E-state index in [1.807, 2.05) is 6.07 Å². The van der Waals surface area contributed by atoms with E-state index in [0.717, 1.165) is 0 Å². The average molecular weight is 240 g/mol. The zero-order chi connectivity index (χ0) is 12.8. The lowest BCUT2D eigenvalue weighted by Gasteiger charge is -1.99. The number of hydrogen-bond acceptors (Lipinski definition) is 3. The lowest BCUT2D eigenvalue weighted by molar-refractivity contribution is 0.0955. The summed E-state index contributed by atoms with van der Waals surface area (Å²) >= 11 is 0. The summed E-state index contributed by atoms with van der Waals surface area (Å²) in [6, 6.07) is 15.4. The molecule has 90 valence electrons. The number of nitrogens with zero attached hydrogens (tertiary/aromatic N) is 1. The molecule has 4 nitrogen and oxygen atoms in total. The quantitative estimate of drug-likeness (QED) is 0.638. The summed E-state index contributed by atoms with van der Waals surface area (Å²) in [7, 11) is 0. The Kier molecular flexibility index (Phi) is 3.71. The molecule has 0 fully saturated rings. The highest BCUT2D eigenvalue weighted by Gasteiger charge is 2.01. The van der Waals surface area contributed by atoms with Crippen molar-refractivity contribution in [2.75, 3.05) is 0 Å². The molecule has 18 heavy (non-hydrogen) atoms. The van der Waals surface area contributed by atoms with Crippen molar-refractivity contribution in [1.29, 1.82) is 0 Å². The lowest BCUT2D eigenvalue weighted by Crippen LogP contribution is -2.17. The molecule has 0 heterocycles. The van der Waals surface area contributed by atoms with Gasteiger partial charge >= 0.3 is 0 Å². The zero-order valence-corrected chi connectivity index (χ0v) is 9.58. The molecule has 4 heteroatoms. The van der Waals surface area contributed by atoms with E-state index in [1.165, 1.54) is 6.21 Å². The Bertz CT molecular complexity index is 565.